The standard InChI is InChI=1S/C15H13Br2NO3/c1-8-3-4-13(19)9(5-8)15(20)18-12-7-14(21-2)11(17)6-10(12)16/h3-7,19H,1-2H3,(H,18,20). The van der Waals surface area contributed by atoms with Crippen molar-refractivity contribution in [2.45, 2.75) is 6.92 Å². The van der Waals surface area contributed by atoms with Crippen molar-refractivity contribution in [1.29, 1.82) is 0 Å². The minimum atomic E-state index is -0.388. The van der Waals surface area contributed by atoms with Crippen LogP contribution in [-0.2, 0) is 0 Å². The molecule has 0 saturated heterocycles. The number of carbonyl (C=O) groups excluding carboxylic acids is 1. The van der Waals surface area contributed by atoms with E-state index in [1.54, 1.807) is 31.4 Å². The van der Waals surface area contributed by atoms with Crippen molar-refractivity contribution in [1.82, 2.24) is 0 Å². The Labute approximate surface area is 139 Å². The van der Waals surface area contributed by atoms with Gasteiger partial charge in [0, 0.05) is 10.5 Å². The fraction of sp³-hybridized carbons (Fsp3) is 0.133. The highest BCUT2D eigenvalue weighted by molar-refractivity contribution is 9.11. The van der Waals surface area contributed by atoms with Gasteiger partial charge in [-0.15, -0.1) is 0 Å². The van der Waals surface area contributed by atoms with Crippen molar-refractivity contribution in [3.05, 3.63) is 50.4 Å². The van der Waals surface area contributed by atoms with Crippen LogP contribution in [0.2, 0.25) is 0 Å². The second kappa shape index (κ2) is 6.49. The Hall–Kier alpha value is -1.53. The van der Waals surface area contributed by atoms with Gasteiger partial charge in [-0.05, 0) is 57.0 Å². The molecular formula is C15H13Br2NO3. The van der Waals surface area contributed by atoms with Crippen LogP contribution in [0.15, 0.2) is 39.3 Å². The zero-order chi connectivity index (χ0) is 15.6. The normalized spacial score (nSPS) is 10.3. The molecule has 0 saturated carbocycles. The monoisotopic (exact) mass is 413 g/mol. The summed E-state index contributed by atoms with van der Waals surface area (Å²) in [6, 6.07) is 8.35. The zero-order valence-electron chi connectivity index (χ0n) is 11.4. The summed E-state index contributed by atoms with van der Waals surface area (Å²) in [5, 5.41) is 12.5. The Kier molecular flexibility index (Phi) is 4.90. The molecular weight excluding hydrogens is 402 g/mol. The number of aryl methyl sites for hydroxylation is 1. The molecule has 4 nitrogen and oxygen atoms in total. The van der Waals surface area contributed by atoms with Gasteiger partial charge in [0.2, 0.25) is 0 Å². The summed E-state index contributed by atoms with van der Waals surface area (Å²) in [5.41, 5.74) is 1.68. The van der Waals surface area contributed by atoms with Crippen LogP contribution in [0.3, 0.4) is 0 Å². The van der Waals surface area contributed by atoms with Crippen LogP contribution >= 0.6 is 31.9 Å². The van der Waals surface area contributed by atoms with E-state index in [4.69, 9.17) is 4.74 Å². The zero-order valence-corrected chi connectivity index (χ0v) is 14.6. The Morgan fingerprint density at radius 3 is 2.57 bits per heavy atom. The van der Waals surface area contributed by atoms with E-state index in [1.165, 1.54) is 6.07 Å². The van der Waals surface area contributed by atoms with Crippen LogP contribution in [0.5, 0.6) is 11.5 Å². The van der Waals surface area contributed by atoms with Gasteiger partial charge in [0.1, 0.15) is 11.5 Å². The summed E-state index contributed by atoms with van der Waals surface area (Å²) < 4.78 is 6.68. The van der Waals surface area contributed by atoms with Gasteiger partial charge in [-0.3, -0.25) is 4.79 Å². The molecule has 0 fully saturated rings. The molecule has 2 aromatic carbocycles. The van der Waals surface area contributed by atoms with Crippen LogP contribution in [0, 0.1) is 6.92 Å². The number of amides is 1. The van der Waals surface area contributed by atoms with E-state index in [0.717, 1.165) is 10.0 Å². The van der Waals surface area contributed by atoms with E-state index in [9.17, 15) is 9.90 Å². The SMILES string of the molecule is COc1cc(NC(=O)c2cc(C)ccc2O)c(Br)cc1Br. The lowest BCUT2D eigenvalue weighted by molar-refractivity contribution is 0.102. The second-order valence-electron chi connectivity index (χ2n) is 4.44. The Morgan fingerprint density at radius 1 is 1.19 bits per heavy atom. The van der Waals surface area contributed by atoms with E-state index < -0.39 is 0 Å². The van der Waals surface area contributed by atoms with Gasteiger partial charge < -0.3 is 15.2 Å². The predicted molar refractivity (Wildman–Crippen MR) is 89.2 cm³/mol. The fourth-order valence-corrected chi connectivity index (χ4v) is 3.06. The molecule has 0 bridgehead atoms. The molecule has 6 heteroatoms. The van der Waals surface area contributed by atoms with Gasteiger partial charge in [-0.2, -0.15) is 0 Å². The van der Waals surface area contributed by atoms with Crippen molar-refractivity contribution in [2.75, 3.05) is 12.4 Å². The second-order valence-corrected chi connectivity index (χ2v) is 6.15. The Balaban J connectivity index is 2.33. The molecule has 2 rings (SSSR count). The highest BCUT2D eigenvalue weighted by Crippen LogP contribution is 2.35. The molecule has 0 heterocycles. The average Bonchev–Trinajstić information content (AvgIpc) is 2.44. The van der Waals surface area contributed by atoms with E-state index >= 15 is 0 Å². The van der Waals surface area contributed by atoms with Crippen LogP contribution in [0.4, 0.5) is 5.69 Å². The third-order valence-electron chi connectivity index (χ3n) is 2.89. The van der Waals surface area contributed by atoms with Gasteiger partial charge in [0.15, 0.2) is 0 Å². The largest absolute Gasteiger partial charge is 0.507 e. The highest BCUT2D eigenvalue weighted by Gasteiger charge is 2.14. The number of phenols is 1. The lowest BCUT2D eigenvalue weighted by atomic mass is 10.1. The first-order chi connectivity index (χ1) is 9.92. The van der Waals surface area contributed by atoms with Gasteiger partial charge in [-0.1, -0.05) is 11.6 Å². The van der Waals surface area contributed by atoms with E-state index in [-0.39, 0.29) is 17.2 Å². The molecule has 1 amide bonds. The Morgan fingerprint density at radius 2 is 1.90 bits per heavy atom. The van der Waals surface area contributed by atoms with E-state index in [1.807, 2.05) is 6.92 Å². The van der Waals surface area contributed by atoms with Crippen molar-refractivity contribution >= 4 is 43.5 Å². The van der Waals surface area contributed by atoms with Gasteiger partial charge >= 0.3 is 0 Å². The highest BCUT2D eigenvalue weighted by atomic mass is 79.9. The number of ether oxygens (including phenoxy) is 1. The number of benzene rings is 2. The van der Waals surface area contributed by atoms with Crippen molar-refractivity contribution in [3.8, 4) is 11.5 Å². The maximum Gasteiger partial charge on any atom is 0.259 e. The molecule has 0 spiro atoms. The number of carbonyl (C=O) groups is 1. The van der Waals surface area contributed by atoms with Crippen LogP contribution in [0.1, 0.15) is 15.9 Å². The summed E-state index contributed by atoms with van der Waals surface area (Å²) >= 11 is 6.75. The van der Waals surface area contributed by atoms with Crippen molar-refractivity contribution in [2.24, 2.45) is 0 Å². The van der Waals surface area contributed by atoms with Gasteiger partial charge in [0.25, 0.3) is 5.91 Å². The molecule has 0 unspecified atom stereocenters. The first-order valence-electron chi connectivity index (χ1n) is 6.06. The molecule has 0 aliphatic rings. The number of nitrogens with one attached hydrogen (secondary N) is 1. The van der Waals surface area contributed by atoms with E-state index in [2.05, 4.69) is 37.2 Å². The Bertz CT molecular complexity index is 702. The minimum absolute atomic E-state index is 0.0571. The number of methoxy groups -OCH3 is 1. The molecule has 2 N–H and O–H groups in total. The lowest BCUT2D eigenvalue weighted by Gasteiger charge is -2.12. The van der Waals surface area contributed by atoms with Gasteiger partial charge in [0.05, 0.1) is 22.8 Å². The third-order valence-corrected chi connectivity index (χ3v) is 4.16. The summed E-state index contributed by atoms with van der Waals surface area (Å²) in [6.07, 6.45) is 0. The summed E-state index contributed by atoms with van der Waals surface area (Å²) in [7, 11) is 1.55. The van der Waals surface area contributed by atoms with Gasteiger partial charge in [-0.25, -0.2) is 0 Å². The number of hydrogen-bond acceptors (Lipinski definition) is 3. The number of anilines is 1. The van der Waals surface area contributed by atoms with E-state index in [0.29, 0.717) is 15.9 Å². The average molecular weight is 415 g/mol. The first-order valence-corrected chi connectivity index (χ1v) is 7.65. The third kappa shape index (κ3) is 3.57. The molecule has 2 aromatic rings. The first kappa shape index (κ1) is 15.9. The number of rotatable bonds is 3. The number of halogens is 2. The topological polar surface area (TPSA) is 58.6 Å². The molecule has 0 aliphatic carbocycles. The smallest absolute Gasteiger partial charge is 0.259 e. The molecule has 0 atom stereocenters. The molecule has 21 heavy (non-hydrogen) atoms. The summed E-state index contributed by atoms with van der Waals surface area (Å²) in [4.78, 5) is 12.3. The maximum atomic E-state index is 12.3. The molecule has 110 valence electrons. The summed E-state index contributed by atoms with van der Waals surface area (Å²) in [5.74, 6) is 0.154. The van der Waals surface area contributed by atoms with Crippen molar-refractivity contribution < 1.29 is 14.6 Å². The van der Waals surface area contributed by atoms with Crippen LogP contribution in [0.25, 0.3) is 0 Å². The molecule has 0 aliphatic heterocycles. The quantitative estimate of drug-likeness (QED) is 0.777. The van der Waals surface area contributed by atoms with Crippen LogP contribution < -0.4 is 10.1 Å². The molecule has 0 radical (unpaired) electrons. The fourth-order valence-electron chi connectivity index (χ4n) is 1.80. The predicted octanol–water partition coefficient (Wildman–Crippen LogP) is 4.49. The number of phenolic OH excluding ortho intramolecular Hbond substituents is 1. The number of hydrogen-bond donors (Lipinski definition) is 2. The number of aromatic hydroxyl groups is 1. The summed E-state index contributed by atoms with van der Waals surface area (Å²) in [6.45, 7) is 1.86. The van der Waals surface area contributed by atoms with Crippen molar-refractivity contribution in [3.63, 3.8) is 0 Å². The minimum Gasteiger partial charge on any atom is -0.507 e. The van der Waals surface area contributed by atoms with Crippen LogP contribution in [-0.4, -0.2) is 18.1 Å². The maximum absolute atomic E-state index is 12.3. The lowest BCUT2D eigenvalue weighted by Crippen LogP contribution is -2.13. The molecule has 0 aromatic heterocycles.